The Morgan fingerprint density at radius 2 is 2.08 bits per heavy atom. The Bertz CT molecular complexity index is 709. The van der Waals surface area contributed by atoms with Crippen LogP contribution in [0.15, 0.2) is 24.3 Å². The van der Waals surface area contributed by atoms with Crippen LogP contribution in [0.4, 0.5) is 0 Å². The van der Waals surface area contributed by atoms with Crippen LogP contribution in [0.2, 0.25) is 0 Å². The Labute approximate surface area is 149 Å². The topological polar surface area (TPSA) is 65.1 Å². The highest BCUT2D eigenvalue weighted by molar-refractivity contribution is 5.94. The number of rotatable bonds is 5. The Balaban J connectivity index is 1.58. The van der Waals surface area contributed by atoms with Gasteiger partial charge in [0.25, 0.3) is 5.91 Å². The first-order valence-corrected chi connectivity index (χ1v) is 9.00. The van der Waals surface area contributed by atoms with Gasteiger partial charge in [0, 0.05) is 30.8 Å². The fourth-order valence-corrected chi connectivity index (χ4v) is 3.41. The third kappa shape index (κ3) is 4.25. The summed E-state index contributed by atoms with van der Waals surface area (Å²) in [6.07, 6.45) is 4.87. The third-order valence-electron chi connectivity index (χ3n) is 5.05. The molecule has 1 aliphatic rings. The minimum absolute atomic E-state index is 0.0659. The van der Waals surface area contributed by atoms with Crippen molar-refractivity contribution in [3.8, 4) is 11.4 Å². The molecule has 0 aliphatic carbocycles. The summed E-state index contributed by atoms with van der Waals surface area (Å²) in [7, 11) is 4.08. The van der Waals surface area contributed by atoms with Crippen molar-refractivity contribution in [1.29, 1.82) is 0 Å². The van der Waals surface area contributed by atoms with Crippen molar-refractivity contribution < 1.29 is 4.79 Å². The molecule has 2 heterocycles. The van der Waals surface area contributed by atoms with Gasteiger partial charge in [-0.2, -0.15) is 5.10 Å². The van der Waals surface area contributed by atoms with Gasteiger partial charge >= 0.3 is 0 Å². The smallest absolute Gasteiger partial charge is 0.253 e. The number of piperidine rings is 1. The van der Waals surface area contributed by atoms with Crippen molar-refractivity contribution in [3.63, 3.8) is 0 Å². The summed E-state index contributed by atoms with van der Waals surface area (Å²) >= 11 is 0. The lowest BCUT2D eigenvalue weighted by Crippen LogP contribution is -2.39. The minimum atomic E-state index is 0.0659. The summed E-state index contributed by atoms with van der Waals surface area (Å²) in [6.45, 7) is 3.83. The lowest BCUT2D eigenvalue weighted by Gasteiger charge is -2.33. The number of benzene rings is 1. The van der Waals surface area contributed by atoms with Gasteiger partial charge in [-0.15, -0.1) is 0 Å². The number of likely N-dealkylation sites (tertiary alicyclic amines) is 1. The van der Waals surface area contributed by atoms with Gasteiger partial charge in [0.15, 0.2) is 5.82 Å². The second-order valence-electron chi connectivity index (χ2n) is 6.97. The molecule has 6 nitrogen and oxygen atoms in total. The fraction of sp³-hybridized carbons (Fsp3) is 0.526. The lowest BCUT2D eigenvalue weighted by molar-refractivity contribution is 0.0770. The second kappa shape index (κ2) is 7.78. The third-order valence-corrected chi connectivity index (χ3v) is 5.05. The summed E-state index contributed by atoms with van der Waals surface area (Å²) in [4.78, 5) is 21.2. The molecule has 1 fully saturated rings. The van der Waals surface area contributed by atoms with Gasteiger partial charge < -0.3 is 9.80 Å². The lowest BCUT2D eigenvalue weighted by atomic mass is 10.00. The number of hydrogen-bond donors (Lipinski definition) is 1. The summed E-state index contributed by atoms with van der Waals surface area (Å²) in [5.41, 5.74) is 1.61. The molecule has 2 aromatic rings. The molecule has 0 bridgehead atoms. The number of carbonyl (C=O) groups is 1. The number of nitrogens with zero attached hydrogens (tertiary/aromatic N) is 4. The molecule has 3 rings (SSSR count). The minimum Gasteiger partial charge on any atom is -0.342 e. The highest BCUT2D eigenvalue weighted by Gasteiger charge is 2.20. The van der Waals surface area contributed by atoms with E-state index in [1.165, 1.54) is 25.8 Å². The Hall–Kier alpha value is -2.21. The van der Waals surface area contributed by atoms with Gasteiger partial charge in [0.1, 0.15) is 5.82 Å². The molecule has 1 aromatic heterocycles. The molecule has 1 unspecified atom stereocenters. The Morgan fingerprint density at radius 3 is 2.72 bits per heavy atom. The SMILES string of the molecule is Cc1nc(-c2ccc(C(=O)N(C)CCC3CCCCN3C)cc2)n[nH]1. The molecule has 0 spiro atoms. The first-order chi connectivity index (χ1) is 12.0. The highest BCUT2D eigenvalue weighted by Crippen LogP contribution is 2.19. The Kier molecular flexibility index (Phi) is 5.48. The quantitative estimate of drug-likeness (QED) is 0.908. The standard InChI is InChI=1S/C19H27N5O/c1-14-20-18(22-21-14)15-7-9-16(10-8-15)19(25)24(3)13-11-17-6-4-5-12-23(17)2/h7-10,17H,4-6,11-13H2,1-3H3,(H,20,21,22). The van der Waals surface area contributed by atoms with Crippen LogP contribution in [0.5, 0.6) is 0 Å². The van der Waals surface area contributed by atoms with Crippen LogP contribution >= 0.6 is 0 Å². The van der Waals surface area contributed by atoms with Crippen LogP contribution in [-0.2, 0) is 0 Å². The van der Waals surface area contributed by atoms with Crippen molar-refractivity contribution in [2.24, 2.45) is 0 Å². The summed E-state index contributed by atoms with van der Waals surface area (Å²) < 4.78 is 0. The predicted molar refractivity (Wildman–Crippen MR) is 98.4 cm³/mol. The molecule has 1 N–H and O–H groups in total. The van der Waals surface area contributed by atoms with Crippen LogP contribution in [0.3, 0.4) is 0 Å². The maximum absolute atomic E-state index is 12.6. The van der Waals surface area contributed by atoms with Gasteiger partial charge in [0.05, 0.1) is 0 Å². The Morgan fingerprint density at radius 1 is 1.32 bits per heavy atom. The van der Waals surface area contributed by atoms with Gasteiger partial charge in [-0.05, 0) is 51.9 Å². The molecule has 25 heavy (non-hydrogen) atoms. The van der Waals surface area contributed by atoms with Gasteiger partial charge in [-0.1, -0.05) is 18.6 Å². The van der Waals surface area contributed by atoms with Gasteiger partial charge in [-0.25, -0.2) is 4.98 Å². The van der Waals surface area contributed by atoms with Crippen LogP contribution < -0.4 is 0 Å². The van der Waals surface area contributed by atoms with E-state index in [1.54, 1.807) is 0 Å². The molecular formula is C19H27N5O. The number of amides is 1. The van der Waals surface area contributed by atoms with E-state index in [9.17, 15) is 4.79 Å². The predicted octanol–water partition coefficient (Wildman–Crippen LogP) is 2.73. The molecule has 134 valence electrons. The summed E-state index contributed by atoms with van der Waals surface area (Å²) in [5, 5.41) is 6.98. The maximum Gasteiger partial charge on any atom is 0.253 e. The number of carbonyl (C=O) groups excluding carboxylic acids is 1. The molecule has 1 atom stereocenters. The molecule has 1 saturated heterocycles. The van der Waals surface area contributed by atoms with Gasteiger partial charge in [0.2, 0.25) is 0 Å². The van der Waals surface area contributed by atoms with Crippen molar-refractivity contribution >= 4 is 5.91 Å². The van der Waals surface area contributed by atoms with Crippen molar-refractivity contribution in [2.75, 3.05) is 27.2 Å². The summed E-state index contributed by atoms with van der Waals surface area (Å²) in [6, 6.07) is 8.11. The first-order valence-electron chi connectivity index (χ1n) is 9.00. The van der Waals surface area contributed by atoms with Crippen molar-refractivity contribution in [3.05, 3.63) is 35.7 Å². The second-order valence-corrected chi connectivity index (χ2v) is 6.97. The largest absolute Gasteiger partial charge is 0.342 e. The van der Waals surface area contributed by atoms with Crippen molar-refractivity contribution in [1.82, 2.24) is 25.0 Å². The zero-order valence-corrected chi connectivity index (χ0v) is 15.3. The molecule has 0 saturated carbocycles. The normalized spacial score (nSPS) is 18.3. The number of aromatic nitrogens is 3. The van der Waals surface area contributed by atoms with Gasteiger partial charge in [-0.3, -0.25) is 9.89 Å². The monoisotopic (exact) mass is 341 g/mol. The molecule has 1 amide bonds. The number of nitrogens with one attached hydrogen (secondary N) is 1. The molecule has 6 heteroatoms. The average molecular weight is 341 g/mol. The van der Waals surface area contributed by atoms with E-state index in [4.69, 9.17) is 0 Å². The van der Waals surface area contributed by atoms with E-state index >= 15 is 0 Å². The summed E-state index contributed by atoms with van der Waals surface area (Å²) in [5.74, 6) is 1.50. The van der Waals surface area contributed by atoms with Crippen LogP contribution in [-0.4, -0.2) is 64.1 Å². The molecule has 1 aromatic carbocycles. The number of aryl methyl sites for hydroxylation is 1. The molecule has 1 aliphatic heterocycles. The van der Waals surface area contributed by atoms with E-state index in [-0.39, 0.29) is 5.91 Å². The average Bonchev–Trinajstić information content (AvgIpc) is 3.07. The molecular weight excluding hydrogens is 314 g/mol. The number of H-pyrrole nitrogens is 1. The number of hydrogen-bond acceptors (Lipinski definition) is 4. The van der Waals surface area contributed by atoms with Crippen molar-refractivity contribution in [2.45, 2.75) is 38.6 Å². The van der Waals surface area contributed by atoms with E-state index in [1.807, 2.05) is 43.1 Å². The van der Waals surface area contributed by atoms with E-state index in [0.29, 0.717) is 17.4 Å². The molecule has 0 radical (unpaired) electrons. The fourth-order valence-electron chi connectivity index (χ4n) is 3.41. The number of aromatic amines is 1. The maximum atomic E-state index is 12.6. The van der Waals surface area contributed by atoms with E-state index < -0.39 is 0 Å². The van der Waals surface area contributed by atoms with E-state index in [2.05, 4.69) is 27.1 Å². The van der Waals surface area contributed by atoms with Crippen LogP contribution in [0, 0.1) is 6.92 Å². The van der Waals surface area contributed by atoms with Crippen LogP contribution in [0.1, 0.15) is 41.9 Å². The van der Waals surface area contributed by atoms with Crippen LogP contribution in [0.25, 0.3) is 11.4 Å². The first kappa shape index (κ1) is 17.6. The zero-order valence-electron chi connectivity index (χ0n) is 15.3. The van der Waals surface area contributed by atoms with E-state index in [0.717, 1.165) is 24.4 Å². The zero-order chi connectivity index (χ0) is 17.8. The highest BCUT2D eigenvalue weighted by atomic mass is 16.2.